The van der Waals surface area contributed by atoms with Gasteiger partial charge in [0.15, 0.2) is 0 Å². The van der Waals surface area contributed by atoms with E-state index < -0.39 is 19.9 Å². The predicted molar refractivity (Wildman–Crippen MR) is 80.2 cm³/mol. The van der Waals surface area contributed by atoms with Gasteiger partial charge in [-0.3, -0.25) is 0 Å². The molecule has 0 bridgehead atoms. The maximum absolute atomic E-state index is 11.7. The molecule has 114 valence electrons. The Morgan fingerprint density at radius 3 is 2.30 bits per heavy atom. The quantitative estimate of drug-likeness (QED) is 0.807. The van der Waals surface area contributed by atoms with Gasteiger partial charge in [0.25, 0.3) is 0 Å². The monoisotopic (exact) mass is 320 g/mol. The first-order chi connectivity index (χ1) is 9.05. The van der Waals surface area contributed by atoms with Gasteiger partial charge in [0.05, 0.1) is 10.6 Å². The Morgan fingerprint density at radius 1 is 1.20 bits per heavy atom. The van der Waals surface area contributed by atoms with Crippen molar-refractivity contribution in [2.45, 2.75) is 24.8 Å². The normalized spacial score (nSPS) is 14.0. The van der Waals surface area contributed by atoms with Crippen LogP contribution in [-0.2, 0) is 19.9 Å². The largest absolute Gasteiger partial charge is 0.381 e. The SMILES string of the molecule is CNS(=O)(=O)c1ccc(C)c(NC(C)CS(C)(=O)=O)c1. The van der Waals surface area contributed by atoms with E-state index in [0.717, 1.165) is 5.56 Å². The first kappa shape index (κ1) is 16.9. The molecule has 0 radical (unpaired) electrons. The molecule has 1 unspecified atom stereocenters. The number of nitrogens with one attached hydrogen (secondary N) is 2. The van der Waals surface area contributed by atoms with E-state index in [0.29, 0.717) is 5.69 Å². The summed E-state index contributed by atoms with van der Waals surface area (Å²) in [5.74, 6) is -0.0184. The number of rotatable bonds is 6. The summed E-state index contributed by atoms with van der Waals surface area (Å²) in [6, 6.07) is 4.38. The van der Waals surface area contributed by atoms with E-state index in [2.05, 4.69) is 10.0 Å². The molecule has 1 rings (SSSR count). The Kier molecular flexibility index (Phi) is 5.17. The molecule has 8 heteroatoms. The molecule has 0 saturated heterocycles. The van der Waals surface area contributed by atoms with Crippen LogP contribution < -0.4 is 10.0 Å². The Bertz CT molecular complexity index is 681. The molecule has 20 heavy (non-hydrogen) atoms. The zero-order valence-electron chi connectivity index (χ0n) is 12.0. The molecular weight excluding hydrogens is 300 g/mol. The second-order valence-corrected chi connectivity index (χ2v) is 8.89. The molecule has 0 aliphatic carbocycles. The van der Waals surface area contributed by atoms with Gasteiger partial charge in [0.1, 0.15) is 9.84 Å². The molecule has 0 saturated carbocycles. The van der Waals surface area contributed by atoms with Crippen LogP contribution in [0.1, 0.15) is 12.5 Å². The van der Waals surface area contributed by atoms with Crippen LogP contribution in [0.3, 0.4) is 0 Å². The highest BCUT2D eigenvalue weighted by Crippen LogP contribution is 2.21. The minimum Gasteiger partial charge on any atom is -0.381 e. The van der Waals surface area contributed by atoms with Crippen LogP contribution in [0.2, 0.25) is 0 Å². The molecular formula is C12H20N2O4S2. The molecule has 0 aliphatic rings. The molecule has 0 aliphatic heterocycles. The first-order valence-corrected chi connectivity index (χ1v) is 9.58. The second-order valence-electron chi connectivity index (χ2n) is 4.82. The number of sulfonamides is 1. The predicted octanol–water partition coefficient (Wildman–Crippen LogP) is 0.748. The minimum atomic E-state index is -3.52. The number of sulfone groups is 1. The van der Waals surface area contributed by atoms with Gasteiger partial charge in [-0.05, 0) is 38.6 Å². The zero-order valence-corrected chi connectivity index (χ0v) is 13.6. The van der Waals surface area contributed by atoms with Crippen LogP contribution in [0, 0.1) is 6.92 Å². The molecule has 0 fully saturated rings. The van der Waals surface area contributed by atoms with Gasteiger partial charge in [-0.15, -0.1) is 0 Å². The van der Waals surface area contributed by atoms with Gasteiger partial charge >= 0.3 is 0 Å². The lowest BCUT2D eigenvalue weighted by atomic mass is 10.2. The topological polar surface area (TPSA) is 92.3 Å². The highest BCUT2D eigenvalue weighted by atomic mass is 32.2. The Hall–Kier alpha value is -1.12. The van der Waals surface area contributed by atoms with Crippen molar-refractivity contribution in [2.24, 2.45) is 0 Å². The highest BCUT2D eigenvalue weighted by Gasteiger charge is 2.15. The molecule has 1 atom stereocenters. The molecule has 0 heterocycles. The van der Waals surface area contributed by atoms with Crippen LogP contribution in [0.5, 0.6) is 0 Å². The van der Waals surface area contributed by atoms with E-state index >= 15 is 0 Å². The highest BCUT2D eigenvalue weighted by molar-refractivity contribution is 7.90. The lowest BCUT2D eigenvalue weighted by Crippen LogP contribution is -2.25. The van der Waals surface area contributed by atoms with Gasteiger partial charge in [-0.2, -0.15) is 0 Å². The third-order valence-corrected chi connectivity index (χ3v) is 5.26. The number of aryl methyl sites for hydroxylation is 1. The van der Waals surface area contributed by atoms with Crippen molar-refractivity contribution in [3.63, 3.8) is 0 Å². The third kappa shape index (κ3) is 4.77. The molecule has 1 aromatic carbocycles. The number of hydrogen-bond donors (Lipinski definition) is 2. The summed E-state index contributed by atoms with van der Waals surface area (Å²) in [5.41, 5.74) is 1.46. The van der Waals surface area contributed by atoms with Crippen molar-refractivity contribution >= 4 is 25.5 Å². The van der Waals surface area contributed by atoms with Gasteiger partial charge in [-0.1, -0.05) is 6.07 Å². The fourth-order valence-electron chi connectivity index (χ4n) is 1.80. The van der Waals surface area contributed by atoms with Crippen molar-refractivity contribution in [1.29, 1.82) is 0 Å². The number of benzene rings is 1. The van der Waals surface area contributed by atoms with Crippen LogP contribution in [0.25, 0.3) is 0 Å². The Balaban J connectivity index is 3.04. The van der Waals surface area contributed by atoms with Crippen molar-refractivity contribution in [3.8, 4) is 0 Å². The summed E-state index contributed by atoms with van der Waals surface area (Å²) in [4.78, 5) is 0.139. The molecule has 1 aromatic rings. The first-order valence-electron chi connectivity index (χ1n) is 6.03. The summed E-state index contributed by atoms with van der Waals surface area (Å²) >= 11 is 0. The minimum absolute atomic E-state index is 0.0184. The lowest BCUT2D eigenvalue weighted by Gasteiger charge is -2.17. The van der Waals surface area contributed by atoms with E-state index in [-0.39, 0.29) is 16.7 Å². The summed E-state index contributed by atoms with van der Waals surface area (Å²) in [6.45, 7) is 3.56. The van der Waals surface area contributed by atoms with Crippen LogP contribution >= 0.6 is 0 Å². The lowest BCUT2D eigenvalue weighted by molar-refractivity contribution is 0.587. The smallest absolute Gasteiger partial charge is 0.240 e. The standard InChI is InChI=1S/C12H20N2O4S2/c1-9-5-6-11(20(17,18)13-3)7-12(9)14-10(2)8-19(4,15)16/h5-7,10,13-14H,8H2,1-4H3. The van der Waals surface area contributed by atoms with E-state index in [1.165, 1.54) is 25.4 Å². The number of hydrogen-bond acceptors (Lipinski definition) is 5. The van der Waals surface area contributed by atoms with E-state index in [1.54, 1.807) is 13.0 Å². The third-order valence-electron chi connectivity index (χ3n) is 2.74. The van der Waals surface area contributed by atoms with E-state index in [9.17, 15) is 16.8 Å². The molecule has 0 spiro atoms. The van der Waals surface area contributed by atoms with Crippen molar-refractivity contribution in [3.05, 3.63) is 23.8 Å². The summed E-state index contributed by atoms with van der Waals surface area (Å²) < 4.78 is 48.2. The van der Waals surface area contributed by atoms with Crippen LogP contribution in [0.4, 0.5) is 5.69 Å². The molecule has 0 aromatic heterocycles. The Labute approximate surface area is 120 Å². The van der Waals surface area contributed by atoms with Gasteiger partial charge in [0, 0.05) is 18.0 Å². The number of anilines is 1. The van der Waals surface area contributed by atoms with Crippen LogP contribution in [0.15, 0.2) is 23.1 Å². The fourth-order valence-corrected chi connectivity index (χ4v) is 3.55. The zero-order chi connectivity index (χ0) is 15.6. The molecule has 2 N–H and O–H groups in total. The van der Waals surface area contributed by atoms with Crippen LogP contribution in [-0.4, -0.2) is 41.9 Å². The summed E-state index contributed by atoms with van der Waals surface area (Å²) in [5, 5.41) is 3.03. The fraction of sp³-hybridized carbons (Fsp3) is 0.500. The van der Waals surface area contributed by atoms with E-state index in [1.807, 2.05) is 6.92 Å². The average Bonchev–Trinajstić information content (AvgIpc) is 2.29. The van der Waals surface area contributed by atoms with Crippen molar-refractivity contribution in [2.75, 3.05) is 24.4 Å². The van der Waals surface area contributed by atoms with Gasteiger partial charge in [-0.25, -0.2) is 21.6 Å². The maximum Gasteiger partial charge on any atom is 0.240 e. The van der Waals surface area contributed by atoms with Crippen molar-refractivity contribution < 1.29 is 16.8 Å². The van der Waals surface area contributed by atoms with Gasteiger partial charge < -0.3 is 5.32 Å². The summed E-state index contributed by atoms with van der Waals surface area (Å²) in [6.07, 6.45) is 1.17. The molecule has 6 nitrogen and oxygen atoms in total. The molecule has 0 amide bonds. The maximum atomic E-state index is 11.7. The average molecular weight is 320 g/mol. The van der Waals surface area contributed by atoms with E-state index in [4.69, 9.17) is 0 Å². The second kappa shape index (κ2) is 6.11. The summed E-state index contributed by atoms with van der Waals surface area (Å²) in [7, 11) is -5.27. The Morgan fingerprint density at radius 2 is 1.80 bits per heavy atom. The van der Waals surface area contributed by atoms with Gasteiger partial charge in [0.2, 0.25) is 10.0 Å². The van der Waals surface area contributed by atoms with Crippen molar-refractivity contribution in [1.82, 2.24) is 4.72 Å².